The van der Waals surface area contributed by atoms with Crippen LogP contribution in [0.15, 0.2) is 24.3 Å². The molecule has 0 heterocycles. The number of amides is 2. The largest absolute Gasteiger partial charge is 0.355 e. The summed E-state index contributed by atoms with van der Waals surface area (Å²) in [6, 6.07) is 9.46. The second-order valence-electron chi connectivity index (χ2n) is 7.23. The quantitative estimate of drug-likeness (QED) is 0.788. The van der Waals surface area contributed by atoms with E-state index in [9.17, 15) is 9.59 Å². The van der Waals surface area contributed by atoms with Crippen molar-refractivity contribution in [2.24, 2.45) is 0 Å². The molecule has 2 amide bonds. The predicted octanol–water partition coefficient (Wildman–Crippen LogP) is 3.23. The maximum atomic E-state index is 10.9. The van der Waals surface area contributed by atoms with Crippen molar-refractivity contribution in [3.05, 3.63) is 35.4 Å². The minimum absolute atomic E-state index is 0.265. The Balaban J connectivity index is 1.74. The van der Waals surface area contributed by atoms with E-state index >= 15 is 0 Å². The molecule has 24 heavy (non-hydrogen) atoms. The number of carbonyl (C=O) groups is 2. The lowest BCUT2D eigenvalue weighted by Crippen LogP contribution is -2.37. The first-order valence-corrected chi connectivity index (χ1v) is 9.32. The highest BCUT2D eigenvalue weighted by Gasteiger charge is 2.28. The van der Waals surface area contributed by atoms with Crippen LogP contribution in [0.5, 0.6) is 0 Å². The average molecular weight is 328 g/mol. The molecule has 130 valence electrons. The van der Waals surface area contributed by atoms with Crippen LogP contribution in [0.2, 0.25) is 0 Å². The van der Waals surface area contributed by atoms with Gasteiger partial charge in [0.1, 0.15) is 0 Å². The molecule has 0 radical (unpaired) electrons. The SMILES string of the molecule is O=CN[C@H]1CCCC[C@H]1c1ccc([C@@H]2CCCC[C@@H]2NC=O)cc1. The van der Waals surface area contributed by atoms with Crippen LogP contribution in [0.25, 0.3) is 0 Å². The van der Waals surface area contributed by atoms with Crippen molar-refractivity contribution in [3.8, 4) is 0 Å². The van der Waals surface area contributed by atoms with E-state index in [0.717, 1.165) is 38.5 Å². The molecule has 4 atom stereocenters. The molecule has 1 aromatic carbocycles. The monoisotopic (exact) mass is 328 g/mol. The van der Waals surface area contributed by atoms with E-state index < -0.39 is 0 Å². The zero-order valence-corrected chi connectivity index (χ0v) is 14.2. The van der Waals surface area contributed by atoms with Gasteiger partial charge in [-0.3, -0.25) is 9.59 Å². The average Bonchev–Trinajstić information content (AvgIpc) is 2.64. The van der Waals surface area contributed by atoms with Gasteiger partial charge in [0.05, 0.1) is 0 Å². The van der Waals surface area contributed by atoms with Gasteiger partial charge in [-0.15, -0.1) is 0 Å². The van der Waals surface area contributed by atoms with Crippen molar-refractivity contribution < 1.29 is 9.59 Å². The van der Waals surface area contributed by atoms with Gasteiger partial charge >= 0.3 is 0 Å². The zero-order chi connectivity index (χ0) is 16.8. The summed E-state index contributed by atoms with van der Waals surface area (Å²) in [5, 5.41) is 6.01. The molecule has 0 aliphatic heterocycles. The lowest BCUT2D eigenvalue weighted by molar-refractivity contribution is -0.111. The molecular formula is C20H28N2O2. The molecule has 2 saturated carbocycles. The molecule has 1 aromatic rings. The van der Waals surface area contributed by atoms with E-state index in [0.29, 0.717) is 11.8 Å². The molecular weight excluding hydrogens is 300 g/mol. The molecule has 2 aliphatic carbocycles. The summed E-state index contributed by atoms with van der Waals surface area (Å²) in [6.45, 7) is 0. The Labute approximate surface area is 144 Å². The Morgan fingerprint density at radius 3 is 1.42 bits per heavy atom. The molecule has 0 spiro atoms. The van der Waals surface area contributed by atoms with Crippen LogP contribution in [-0.2, 0) is 9.59 Å². The van der Waals surface area contributed by atoms with Gasteiger partial charge in [0.2, 0.25) is 12.8 Å². The first-order valence-electron chi connectivity index (χ1n) is 9.32. The summed E-state index contributed by atoms with van der Waals surface area (Å²) in [5.74, 6) is 0.849. The summed E-state index contributed by atoms with van der Waals surface area (Å²) in [7, 11) is 0. The Morgan fingerprint density at radius 1 is 0.667 bits per heavy atom. The smallest absolute Gasteiger partial charge is 0.207 e. The maximum Gasteiger partial charge on any atom is 0.207 e. The van der Waals surface area contributed by atoms with Crippen molar-refractivity contribution in [3.63, 3.8) is 0 Å². The Bertz CT molecular complexity index is 494. The number of rotatable bonds is 6. The van der Waals surface area contributed by atoms with Crippen molar-refractivity contribution in [2.45, 2.75) is 75.3 Å². The fourth-order valence-corrected chi connectivity index (χ4v) is 4.62. The van der Waals surface area contributed by atoms with Gasteiger partial charge in [0.25, 0.3) is 0 Å². The summed E-state index contributed by atoms with van der Waals surface area (Å²) in [5.41, 5.74) is 2.65. The predicted molar refractivity (Wildman–Crippen MR) is 94.8 cm³/mol. The van der Waals surface area contributed by atoms with E-state index in [1.165, 1.54) is 36.8 Å². The first-order chi connectivity index (χ1) is 11.8. The fourth-order valence-electron chi connectivity index (χ4n) is 4.62. The molecule has 0 bridgehead atoms. The summed E-state index contributed by atoms with van der Waals surface area (Å²) in [4.78, 5) is 21.7. The highest BCUT2D eigenvalue weighted by Crippen LogP contribution is 2.36. The zero-order valence-electron chi connectivity index (χ0n) is 14.2. The van der Waals surface area contributed by atoms with Gasteiger partial charge in [-0.2, -0.15) is 0 Å². The molecule has 2 N–H and O–H groups in total. The van der Waals surface area contributed by atoms with E-state index in [2.05, 4.69) is 34.9 Å². The van der Waals surface area contributed by atoms with Crippen LogP contribution in [0.1, 0.15) is 74.3 Å². The van der Waals surface area contributed by atoms with Gasteiger partial charge in [-0.1, -0.05) is 49.9 Å². The third kappa shape index (κ3) is 3.80. The Hall–Kier alpha value is -1.84. The first kappa shape index (κ1) is 17.0. The highest BCUT2D eigenvalue weighted by molar-refractivity contribution is 5.48. The van der Waals surface area contributed by atoms with Crippen molar-refractivity contribution >= 4 is 12.8 Å². The minimum atomic E-state index is 0.265. The number of benzene rings is 1. The van der Waals surface area contributed by atoms with E-state index in [4.69, 9.17) is 0 Å². The summed E-state index contributed by atoms with van der Waals surface area (Å²) < 4.78 is 0. The normalized spacial score (nSPS) is 30.3. The molecule has 2 fully saturated rings. The molecule has 0 aromatic heterocycles. The maximum absolute atomic E-state index is 10.9. The minimum Gasteiger partial charge on any atom is -0.355 e. The second kappa shape index (κ2) is 8.32. The lowest BCUT2D eigenvalue weighted by Gasteiger charge is -2.33. The number of nitrogens with one attached hydrogen (secondary N) is 2. The van der Waals surface area contributed by atoms with Crippen molar-refractivity contribution in [2.75, 3.05) is 0 Å². The summed E-state index contributed by atoms with van der Waals surface area (Å²) >= 11 is 0. The Morgan fingerprint density at radius 2 is 1.04 bits per heavy atom. The van der Waals surface area contributed by atoms with Gasteiger partial charge in [-0.05, 0) is 36.8 Å². The van der Waals surface area contributed by atoms with Crippen molar-refractivity contribution in [1.29, 1.82) is 0 Å². The van der Waals surface area contributed by atoms with Crippen LogP contribution in [0, 0.1) is 0 Å². The number of carbonyl (C=O) groups excluding carboxylic acids is 2. The lowest BCUT2D eigenvalue weighted by atomic mass is 9.77. The number of hydrogen-bond acceptors (Lipinski definition) is 2. The molecule has 3 rings (SSSR count). The van der Waals surface area contributed by atoms with Gasteiger partial charge < -0.3 is 10.6 Å². The van der Waals surface area contributed by atoms with Crippen LogP contribution in [-0.4, -0.2) is 24.9 Å². The van der Waals surface area contributed by atoms with Crippen LogP contribution in [0.4, 0.5) is 0 Å². The molecule has 0 unspecified atom stereocenters. The molecule has 2 aliphatic rings. The van der Waals surface area contributed by atoms with Crippen LogP contribution < -0.4 is 10.6 Å². The third-order valence-electron chi connectivity index (χ3n) is 5.89. The van der Waals surface area contributed by atoms with E-state index in [1.54, 1.807) is 0 Å². The summed E-state index contributed by atoms with van der Waals surface area (Å²) in [6.07, 6.45) is 11.0. The number of hydrogen-bond donors (Lipinski definition) is 2. The third-order valence-corrected chi connectivity index (χ3v) is 5.89. The standard InChI is InChI=1S/C20H28N2O2/c23-13-21-19-7-3-1-5-17(19)15-9-11-16(12-10-15)18-6-2-4-8-20(18)22-14-24/h9-14,17-20H,1-8H2,(H,21,23)(H,22,24)/t17-,18-,19-,20-/m0/s1. The second-order valence-corrected chi connectivity index (χ2v) is 7.23. The van der Waals surface area contributed by atoms with Crippen LogP contribution in [0.3, 0.4) is 0 Å². The van der Waals surface area contributed by atoms with Gasteiger partial charge in [0.15, 0.2) is 0 Å². The molecule has 0 saturated heterocycles. The highest BCUT2D eigenvalue weighted by atomic mass is 16.1. The Kier molecular flexibility index (Phi) is 5.89. The molecule has 4 nitrogen and oxygen atoms in total. The molecule has 4 heteroatoms. The van der Waals surface area contributed by atoms with Gasteiger partial charge in [-0.25, -0.2) is 0 Å². The fraction of sp³-hybridized carbons (Fsp3) is 0.600. The van der Waals surface area contributed by atoms with Crippen LogP contribution >= 0.6 is 0 Å². The topological polar surface area (TPSA) is 58.2 Å². The van der Waals surface area contributed by atoms with E-state index in [-0.39, 0.29) is 12.1 Å². The van der Waals surface area contributed by atoms with E-state index in [1.807, 2.05) is 0 Å². The van der Waals surface area contributed by atoms with Crippen molar-refractivity contribution in [1.82, 2.24) is 10.6 Å². The van der Waals surface area contributed by atoms with Gasteiger partial charge in [0, 0.05) is 23.9 Å².